The maximum absolute atomic E-state index is 12.0. The summed E-state index contributed by atoms with van der Waals surface area (Å²) in [5.41, 5.74) is 2.29. The number of carbonyl (C=O) groups excluding carboxylic acids is 2. The Balaban J connectivity index is 1.84. The Hall–Kier alpha value is -2.82. The van der Waals surface area contributed by atoms with Crippen molar-refractivity contribution < 1.29 is 19.1 Å². The summed E-state index contributed by atoms with van der Waals surface area (Å²) in [6, 6.07) is 14.4. The van der Waals surface area contributed by atoms with E-state index in [1.54, 1.807) is 38.1 Å². The van der Waals surface area contributed by atoms with Crippen molar-refractivity contribution in [3.63, 3.8) is 0 Å². The van der Waals surface area contributed by atoms with E-state index in [-0.39, 0.29) is 24.6 Å². The van der Waals surface area contributed by atoms with Gasteiger partial charge in [-0.15, -0.1) is 0 Å². The molecule has 0 heterocycles. The van der Waals surface area contributed by atoms with Gasteiger partial charge in [0.25, 0.3) is 5.91 Å². The SMILES string of the molecule is CCC(C)c1ccc(OCC(=O)Nc2ccc(C(=O)OC(C)C)cc2)cc1. The van der Waals surface area contributed by atoms with E-state index in [1.165, 1.54) is 5.56 Å². The molecule has 1 atom stereocenters. The molecule has 0 fully saturated rings. The number of rotatable bonds is 8. The lowest BCUT2D eigenvalue weighted by atomic mass is 9.99. The van der Waals surface area contributed by atoms with Gasteiger partial charge in [-0.05, 0) is 68.1 Å². The zero-order valence-electron chi connectivity index (χ0n) is 16.3. The number of hydrogen-bond donors (Lipinski definition) is 1. The van der Waals surface area contributed by atoms with Crippen LogP contribution in [0.25, 0.3) is 0 Å². The van der Waals surface area contributed by atoms with Gasteiger partial charge in [0, 0.05) is 5.69 Å². The van der Waals surface area contributed by atoms with Gasteiger partial charge in [0.15, 0.2) is 6.61 Å². The molecule has 0 aliphatic carbocycles. The van der Waals surface area contributed by atoms with Crippen LogP contribution in [0.3, 0.4) is 0 Å². The highest BCUT2D eigenvalue weighted by molar-refractivity contribution is 5.93. The van der Waals surface area contributed by atoms with Crippen LogP contribution in [0.15, 0.2) is 48.5 Å². The molecule has 1 N–H and O–H groups in total. The van der Waals surface area contributed by atoms with Crippen molar-refractivity contribution in [1.82, 2.24) is 0 Å². The molecule has 2 aromatic carbocycles. The number of ether oxygens (including phenoxy) is 2. The summed E-state index contributed by atoms with van der Waals surface area (Å²) in [4.78, 5) is 23.8. The Morgan fingerprint density at radius 1 is 0.963 bits per heavy atom. The minimum atomic E-state index is -0.382. The summed E-state index contributed by atoms with van der Waals surface area (Å²) in [7, 11) is 0. The van der Waals surface area contributed by atoms with Gasteiger partial charge in [0.2, 0.25) is 0 Å². The Bertz CT molecular complexity index is 751. The molecule has 5 heteroatoms. The molecule has 0 bridgehead atoms. The van der Waals surface area contributed by atoms with Crippen molar-refractivity contribution in [3.05, 3.63) is 59.7 Å². The minimum absolute atomic E-state index is 0.0835. The first kappa shape index (κ1) is 20.5. The number of esters is 1. The second-order valence-corrected chi connectivity index (χ2v) is 6.75. The van der Waals surface area contributed by atoms with E-state index in [0.29, 0.717) is 22.9 Å². The first-order valence-corrected chi connectivity index (χ1v) is 9.22. The Morgan fingerprint density at radius 3 is 2.15 bits per heavy atom. The van der Waals surface area contributed by atoms with Crippen molar-refractivity contribution in [3.8, 4) is 5.75 Å². The molecule has 2 aromatic rings. The summed E-state index contributed by atoms with van der Waals surface area (Å²) in [6.07, 6.45) is 0.907. The van der Waals surface area contributed by atoms with Crippen molar-refractivity contribution in [2.45, 2.75) is 46.1 Å². The number of nitrogens with one attached hydrogen (secondary N) is 1. The van der Waals surface area contributed by atoms with E-state index < -0.39 is 0 Å². The highest BCUT2D eigenvalue weighted by Crippen LogP contribution is 2.21. The number of carbonyl (C=O) groups is 2. The molecule has 0 radical (unpaired) electrons. The third-order valence-electron chi connectivity index (χ3n) is 4.18. The van der Waals surface area contributed by atoms with Crippen LogP contribution in [0.5, 0.6) is 5.75 Å². The van der Waals surface area contributed by atoms with Gasteiger partial charge < -0.3 is 14.8 Å². The highest BCUT2D eigenvalue weighted by atomic mass is 16.5. The molecule has 0 saturated heterocycles. The third-order valence-corrected chi connectivity index (χ3v) is 4.18. The molecule has 0 aromatic heterocycles. The zero-order valence-corrected chi connectivity index (χ0v) is 16.3. The van der Waals surface area contributed by atoms with Gasteiger partial charge in [0.1, 0.15) is 5.75 Å². The van der Waals surface area contributed by atoms with Crippen molar-refractivity contribution in [1.29, 1.82) is 0 Å². The lowest BCUT2D eigenvalue weighted by Crippen LogP contribution is -2.20. The number of hydrogen-bond acceptors (Lipinski definition) is 4. The first-order valence-electron chi connectivity index (χ1n) is 9.22. The second-order valence-electron chi connectivity index (χ2n) is 6.75. The fourth-order valence-electron chi connectivity index (χ4n) is 2.45. The van der Waals surface area contributed by atoms with Crippen LogP contribution in [-0.4, -0.2) is 24.6 Å². The lowest BCUT2D eigenvalue weighted by Gasteiger charge is -2.11. The Morgan fingerprint density at radius 2 is 1.59 bits per heavy atom. The predicted molar refractivity (Wildman–Crippen MR) is 106 cm³/mol. The molecule has 1 unspecified atom stereocenters. The molecule has 0 saturated carbocycles. The lowest BCUT2D eigenvalue weighted by molar-refractivity contribution is -0.118. The summed E-state index contributed by atoms with van der Waals surface area (Å²) in [6.45, 7) is 7.84. The molecular weight excluding hydrogens is 342 g/mol. The normalized spacial score (nSPS) is 11.7. The van der Waals surface area contributed by atoms with Crippen LogP contribution in [0.4, 0.5) is 5.69 Å². The topological polar surface area (TPSA) is 64.6 Å². The molecule has 0 aliphatic heterocycles. The fraction of sp³-hybridized carbons (Fsp3) is 0.364. The average molecular weight is 369 g/mol. The first-order chi connectivity index (χ1) is 12.9. The molecular formula is C22H27NO4. The Kier molecular flexibility index (Phi) is 7.41. The number of benzene rings is 2. The van der Waals surface area contributed by atoms with E-state index in [9.17, 15) is 9.59 Å². The zero-order chi connectivity index (χ0) is 19.8. The molecule has 2 rings (SSSR count). The van der Waals surface area contributed by atoms with Crippen LogP contribution in [-0.2, 0) is 9.53 Å². The van der Waals surface area contributed by atoms with Crippen molar-refractivity contribution >= 4 is 17.6 Å². The summed E-state index contributed by atoms with van der Waals surface area (Å²) in [5.74, 6) is 0.512. The van der Waals surface area contributed by atoms with Crippen LogP contribution in [0.1, 0.15) is 56.0 Å². The molecule has 1 amide bonds. The monoisotopic (exact) mass is 369 g/mol. The van der Waals surface area contributed by atoms with Crippen LogP contribution >= 0.6 is 0 Å². The summed E-state index contributed by atoms with van der Waals surface area (Å²) < 4.78 is 10.7. The standard InChI is InChI=1S/C22H27NO4/c1-5-16(4)17-8-12-20(13-9-17)26-14-21(24)23-19-10-6-18(7-11-19)22(25)27-15(2)3/h6-13,15-16H,5,14H2,1-4H3,(H,23,24). The number of anilines is 1. The molecule has 5 nitrogen and oxygen atoms in total. The summed E-state index contributed by atoms with van der Waals surface area (Å²) >= 11 is 0. The van der Waals surface area contributed by atoms with E-state index in [4.69, 9.17) is 9.47 Å². The van der Waals surface area contributed by atoms with Gasteiger partial charge in [-0.1, -0.05) is 26.0 Å². The van der Waals surface area contributed by atoms with Gasteiger partial charge in [-0.25, -0.2) is 4.79 Å². The van der Waals surface area contributed by atoms with Gasteiger partial charge >= 0.3 is 5.97 Å². The van der Waals surface area contributed by atoms with Crippen LogP contribution < -0.4 is 10.1 Å². The maximum Gasteiger partial charge on any atom is 0.338 e. The van der Waals surface area contributed by atoms with Gasteiger partial charge in [-0.3, -0.25) is 4.79 Å². The maximum atomic E-state index is 12.0. The van der Waals surface area contributed by atoms with Crippen molar-refractivity contribution in [2.75, 3.05) is 11.9 Å². The highest BCUT2D eigenvalue weighted by Gasteiger charge is 2.10. The number of amides is 1. The fourth-order valence-corrected chi connectivity index (χ4v) is 2.45. The third kappa shape index (κ3) is 6.44. The predicted octanol–water partition coefficient (Wildman–Crippen LogP) is 4.78. The van der Waals surface area contributed by atoms with E-state index >= 15 is 0 Å². The largest absolute Gasteiger partial charge is 0.484 e. The second kappa shape index (κ2) is 9.76. The van der Waals surface area contributed by atoms with E-state index in [1.807, 2.05) is 24.3 Å². The molecule has 0 spiro atoms. The van der Waals surface area contributed by atoms with Gasteiger partial charge in [-0.2, -0.15) is 0 Å². The quantitative estimate of drug-likeness (QED) is 0.680. The average Bonchev–Trinajstić information content (AvgIpc) is 2.66. The smallest absolute Gasteiger partial charge is 0.338 e. The van der Waals surface area contributed by atoms with Crippen LogP contribution in [0, 0.1) is 0 Å². The minimum Gasteiger partial charge on any atom is -0.484 e. The summed E-state index contributed by atoms with van der Waals surface area (Å²) in [5, 5.41) is 2.74. The molecule has 0 aliphatic rings. The molecule has 144 valence electrons. The van der Waals surface area contributed by atoms with Gasteiger partial charge in [0.05, 0.1) is 11.7 Å². The van der Waals surface area contributed by atoms with E-state index in [2.05, 4.69) is 19.2 Å². The molecule has 27 heavy (non-hydrogen) atoms. The van der Waals surface area contributed by atoms with E-state index in [0.717, 1.165) is 6.42 Å². The Labute approximate surface area is 160 Å². The van der Waals surface area contributed by atoms with Crippen molar-refractivity contribution in [2.24, 2.45) is 0 Å². The van der Waals surface area contributed by atoms with Crippen LogP contribution in [0.2, 0.25) is 0 Å².